The van der Waals surface area contributed by atoms with E-state index < -0.39 is 18.1 Å². The topological polar surface area (TPSA) is 162 Å². The van der Waals surface area contributed by atoms with Crippen molar-refractivity contribution in [3.05, 3.63) is 29.6 Å². The van der Waals surface area contributed by atoms with E-state index in [4.69, 9.17) is 16.2 Å². The molecule has 2 aliphatic rings. The van der Waals surface area contributed by atoms with Crippen LogP contribution in [0.3, 0.4) is 0 Å². The number of nitrogens with zero attached hydrogens (tertiary/aromatic N) is 2. The van der Waals surface area contributed by atoms with Crippen molar-refractivity contribution in [3.8, 4) is 0 Å². The number of carboxylic acids is 1. The number of aromatic nitrogens is 1. The Hall–Kier alpha value is -3.01. The van der Waals surface area contributed by atoms with Crippen LogP contribution < -0.4 is 16.4 Å². The van der Waals surface area contributed by atoms with Gasteiger partial charge in [0.1, 0.15) is 17.6 Å². The molecule has 0 spiro atoms. The number of pyridine rings is 1. The highest BCUT2D eigenvalue weighted by molar-refractivity contribution is 5.93. The molecule has 2 fully saturated rings. The molecule has 2 amide bonds. The summed E-state index contributed by atoms with van der Waals surface area (Å²) in [4.78, 5) is 43.1. The zero-order valence-corrected chi connectivity index (χ0v) is 18.9. The molecule has 3 rings (SSSR count). The second-order valence-corrected chi connectivity index (χ2v) is 8.94. The maximum absolute atomic E-state index is 13.4. The van der Waals surface area contributed by atoms with Crippen molar-refractivity contribution in [2.45, 2.75) is 70.0 Å². The van der Waals surface area contributed by atoms with Crippen LogP contribution in [0.15, 0.2) is 18.3 Å². The van der Waals surface area contributed by atoms with Gasteiger partial charge in [-0.2, -0.15) is 0 Å². The summed E-state index contributed by atoms with van der Waals surface area (Å²) in [5.41, 5.74) is 6.55. The van der Waals surface area contributed by atoms with Crippen molar-refractivity contribution in [2.24, 2.45) is 11.7 Å². The molecule has 0 unspecified atom stereocenters. The Kier molecular flexibility index (Phi) is 8.76. The fourth-order valence-corrected chi connectivity index (χ4v) is 4.74. The van der Waals surface area contributed by atoms with Crippen LogP contribution in [0.2, 0.25) is 0 Å². The number of likely N-dealkylation sites (tertiary alicyclic amines) is 1. The Balaban J connectivity index is 1.61. The number of rotatable bonds is 10. The molecule has 1 saturated carbocycles. The van der Waals surface area contributed by atoms with Crippen molar-refractivity contribution in [3.63, 3.8) is 0 Å². The van der Waals surface area contributed by atoms with Gasteiger partial charge < -0.3 is 21.1 Å². The molecule has 1 aromatic heterocycles. The number of amides is 2. The summed E-state index contributed by atoms with van der Waals surface area (Å²) in [7, 11) is 0. The van der Waals surface area contributed by atoms with Crippen LogP contribution >= 0.6 is 0 Å². The minimum atomic E-state index is -1.00. The van der Waals surface area contributed by atoms with Crippen molar-refractivity contribution in [1.29, 1.82) is 5.41 Å². The number of carboxylic acid groups (broad SMARTS) is 1. The lowest BCUT2D eigenvalue weighted by atomic mass is 9.84. The molecular weight excluding hydrogens is 424 g/mol. The van der Waals surface area contributed by atoms with Crippen LogP contribution in [0, 0.1) is 11.3 Å². The summed E-state index contributed by atoms with van der Waals surface area (Å²) in [6.07, 6.45) is 9.07. The first-order valence-corrected chi connectivity index (χ1v) is 11.7. The standard InChI is InChI=1S/C23H34N6O4/c24-21(25)17-9-8-16(12-26-17)13-28-22(32)19-7-4-10-29(19)23(33)18(27-14-20(30)31)11-15-5-2-1-3-6-15/h8-9,12,15,18-19,27H,1-7,10-11,13-14H2,(H3,24,25)(H,28,32)(H,30,31)/t18-,19+/m1/s1. The molecular formula is C23H34N6O4. The lowest BCUT2D eigenvalue weighted by molar-refractivity contribution is -0.141. The van der Waals surface area contributed by atoms with Gasteiger partial charge in [0, 0.05) is 19.3 Å². The monoisotopic (exact) mass is 458 g/mol. The number of hydrogen-bond donors (Lipinski definition) is 5. The first-order valence-electron chi connectivity index (χ1n) is 11.7. The zero-order valence-electron chi connectivity index (χ0n) is 18.9. The Morgan fingerprint density at radius 3 is 2.58 bits per heavy atom. The van der Waals surface area contributed by atoms with E-state index in [0.717, 1.165) is 37.7 Å². The van der Waals surface area contributed by atoms with E-state index in [-0.39, 0.29) is 30.7 Å². The zero-order chi connectivity index (χ0) is 23.8. The third-order valence-corrected chi connectivity index (χ3v) is 6.50. The third-order valence-electron chi connectivity index (χ3n) is 6.50. The highest BCUT2D eigenvalue weighted by Crippen LogP contribution is 2.29. The number of amidine groups is 1. The van der Waals surface area contributed by atoms with E-state index in [1.807, 2.05) is 0 Å². The summed E-state index contributed by atoms with van der Waals surface area (Å²) < 4.78 is 0. The molecule has 2 heterocycles. The number of nitrogen functional groups attached to an aromatic ring is 1. The molecule has 10 heteroatoms. The average Bonchev–Trinajstić information content (AvgIpc) is 3.30. The molecule has 1 aromatic rings. The van der Waals surface area contributed by atoms with Crippen molar-refractivity contribution < 1.29 is 19.5 Å². The lowest BCUT2D eigenvalue weighted by Gasteiger charge is -2.31. The Labute approximate surface area is 193 Å². The van der Waals surface area contributed by atoms with Crippen molar-refractivity contribution in [2.75, 3.05) is 13.1 Å². The fourth-order valence-electron chi connectivity index (χ4n) is 4.74. The predicted molar refractivity (Wildman–Crippen MR) is 122 cm³/mol. The van der Waals surface area contributed by atoms with Crippen LogP contribution in [0.1, 0.15) is 62.6 Å². The minimum absolute atomic E-state index is 0.120. The Morgan fingerprint density at radius 2 is 1.94 bits per heavy atom. The van der Waals surface area contributed by atoms with E-state index >= 15 is 0 Å². The van der Waals surface area contributed by atoms with Gasteiger partial charge in [0.25, 0.3) is 0 Å². The number of carbonyl (C=O) groups excluding carboxylic acids is 2. The summed E-state index contributed by atoms with van der Waals surface area (Å²) >= 11 is 0. The van der Waals surface area contributed by atoms with Crippen LogP contribution in [-0.4, -0.2) is 63.8 Å². The maximum atomic E-state index is 13.4. The number of nitrogens with one attached hydrogen (secondary N) is 3. The number of carbonyl (C=O) groups is 3. The number of hydrogen-bond acceptors (Lipinski definition) is 6. The summed E-state index contributed by atoms with van der Waals surface area (Å²) in [6, 6.07) is 2.21. The Bertz CT molecular complexity index is 853. The third kappa shape index (κ3) is 6.98. The molecule has 0 radical (unpaired) electrons. The van der Waals surface area contributed by atoms with Crippen LogP contribution in [-0.2, 0) is 20.9 Å². The van der Waals surface area contributed by atoms with Gasteiger partial charge in [-0.15, -0.1) is 0 Å². The first-order chi connectivity index (χ1) is 15.8. The predicted octanol–water partition coefficient (Wildman–Crippen LogP) is 0.986. The number of aliphatic carboxylic acids is 1. The summed E-state index contributed by atoms with van der Waals surface area (Å²) in [5.74, 6) is -1.14. The molecule has 1 aliphatic heterocycles. The van der Waals surface area contributed by atoms with E-state index in [1.165, 1.54) is 6.42 Å². The SMILES string of the molecule is N=C(N)c1ccc(CNC(=O)[C@@H]2CCCN2C(=O)[C@@H](CC2CCCCC2)NCC(=O)O)cn1. The molecule has 2 atom stereocenters. The van der Waals surface area contributed by atoms with E-state index in [0.29, 0.717) is 31.0 Å². The first kappa shape index (κ1) is 24.6. The number of nitrogens with two attached hydrogens (primary N) is 1. The second kappa shape index (κ2) is 11.7. The molecule has 33 heavy (non-hydrogen) atoms. The molecule has 1 saturated heterocycles. The van der Waals surface area contributed by atoms with E-state index in [9.17, 15) is 14.4 Å². The smallest absolute Gasteiger partial charge is 0.317 e. The lowest BCUT2D eigenvalue weighted by Crippen LogP contribution is -2.53. The second-order valence-electron chi connectivity index (χ2n) is 8.94. The van der Waals surface area contributed by atoms with Gasteiger partial charge in [-0.1, -0.05) is 38.2 Å². The van der Waals surface area contributed by atoms with Gasteiger partial charge >= 0.3 is 5.97 Å². The van der Waals surface area contributed by atoms with Crippen LogP contribution in [0.4, 0.5) is 0 Å². The molecule has 0 bridgehead atoms. The molecule has 6 N–H and O–H groups in total. The van der Waals surface area contributed by atoms with Gasteiger partial charge in [-0.25, -0.2) is 0 Å². The highest BCUT2D eigenvalue weighted by Gasteiger charge is 2.37. The fraction of sp³-hybridized carbons (Fsp3) is 0.609. The summed E-state index contributed by atoms with van der Waals surface area (Å²) in [6.45, 7) is 0.462. The molecule has 1 aliphatic carbocycles. The maximum Gasteiger partial charge on any atom is 0.317 e. The van der Waals surface area contributed by atoms with Gasteiger partial charge in [0.15, 0.2) is 0 Å². The minimum Gasteiger partial charge on any atom is -0.480 e. The van der Waals surface area contributed by atoms with Gasteiger partial charge in [-0.05, 0) is 36.8 Å². The Morgan fingerprint density at radius 1 is 1.18 bits per heavy atom. The van der Waals surface area contributed by atoms with Crippen molar-refractivity contribution >= 4 is 23.6 Å². The molecule has 10 nitrogen and oxygen atoms in total. The van der Waals surface area contributed by atoms with Gasteiger partial charge in [-0.3, -0.25) is 30.1 Å². The normalized spacial score (nSPS) is 19.8. The van der Waals surface area contributed by atoms with Crippen molar-refractivity contribution in [1.82, 2.24) is 20.5 Å². The highest BCUT2D eigenvalue weighted by atomic mass is 16.4. The van der Waals surface area contributed by atoms with E-state index in [2.05, 4.69) is 15.6 Å². The molecule has 180 valence electrons. The van der Waals surface area contributed by atoms with Gasteiger partial charge in [0.2, 0.25) is 11.8 Å². The van der Waals surface area contributed by atoms with Crippen LogP contribution in [0.25, 0.3) is 0 Å². The molecule has 0 aromatic carbocycles. The van der Waals surface area contributed by atoms with Crippen LogP contribution in [0.5, 0.6) is 0 Å². The van der Waals surface area contributed by atoms with Gasteiger partial charge in [0.05, 0.1) is 12.6 Å². The summed E-state index contributed by atoms with van der Waals surface area (Å²) in [5, 5.41) is 22.3. The average molecular weight is 459 g/mol. The quantitative estimate of drug-likeness (QED) is 0.258. The van der Waals surface area contributed by atoms with E-state index in [1.54, 1.807) is 23.2 Å². The largest absolute Gasteiger partial charge is 0.480 e.